The van der Waals surface area contributed by atoms with Gasteiger partial charge in [0.2, 0.25) is 6.41 Å². The third kappa shape index (κ3) is 4.33. The molecule has 2 heterocycles. The zero-order valence-corrected chi connectivity index (χ0v) is 15.9. The van der Waals surface area contributed by atoms with Crippen LogP contribution in [-0.2, 0) is 9.53 Å². The average Bonchev–Trinajstić information content (AvgIpc) is 2.78. The summed E-state index contributed by atoms with van der Waals surface area (Å²) in [4.78, 5) is 13.0. The third-order valence-electron chi connectivity index (χ3n) is 3.82. The van der Waals surface area contributed by atoms with Crippen LogP contribution in [0.25, 0.3) is 5.65 Å². The van der Waals surface area contributed by atoms with Crippen LogP contribution in [-0.4, -0.2) is 27.0 Å². The normalized spacial score (nSPS) is 23.3. The highest BCUT2D eigenvalue weighted by Crippen LogP contribution is 2.48. The zero-order valence-electron chi connectivity index (χ0n) is 14.3. The molecule has 0 aliphatic heterocycles. The second-order valence-corrected chi connectivity index (χ2v) is 8.22. The summed E-state index contributed by atoms with van der Waals surface area (Å²) in [5.74, 6) is 0.0408. The number of rotatable bonds is 2. The minimum atomic E-state index is -0.302. The number of carbonyl (C=O) groups excluding carboxylic acids is 1. The van der Waals surface area contributed by atoms with Crippen molar-refractivity contribution < 1.29 is 13.9 Å². The van der Waals surface area contributed by atoms with Crippen LogP contribution in [0.5, 0.6) is 0 Å². The lowest BCUT2D eigenvalue weighted by atomic mass is 9.70. The standard InChI is InChI=1S/C16H20BrFN2O.CH3NO/c1-15(2,3)21-16(4)6-10(7-16)13-9-20-8-11(17)5-12(18)14(20)19-13;2-1-3/h5,8-10H,6-7H2,1-4H3;1H,(H2,2,3). The number of nitrogens with two attached hydrogens (primary N) is 1. The van der Waals surface area contributed by atoms with Crippen LogP contribution in [0.3, 0.4) is 0 Å². The third-order valence-corrected chi connectivity index (χ3v) is 4.25. The van der Waals surface area contributed by atoms with Crippen LogP contribution in [0.1, 0.15) is 52.1 Å². The van der Waals surface area contributed by atoms with Gasteiger partial charge in [-0.25, -0.2) is 9.37 Å². The van der Waals surface area contributed by atoms with Gasteiger partial charge in [0.1, 0.15) is 0 Å². The summed E-state index contributed by atoms with van der Waals surface area (Å²) in [5, 5.41) is 0. The van der Waals surface area contributed by atoms with E-state index in [1.165, 1.54) is 6.07 Å². The van der Waals surface area contributed by atoms with Crippen molar-refractivity contribution in [3.05, 3.63) is 34.4 Å². The number of ether oxygens (including phenoxy) is 1. The monoisotopic (exact) mass is 399 g/mol. The van der Waals surface area contributed by atoms with Crippen LogP contribution >= 0.6 is 15.9 Å². The molecule has 2 N–H and O–H groups in total. The lowest BCUT2D eigenvalue weighted by Gasteiger charge is -2.47. The van der Waals surface area contributed by atoms with Crippen molar-refractivity contribution in [1.82, 2.24) is 9.38 Å². The fraction of sp³-hybridized carbons (Fsp3) is 0.529. The number of pyridine rings is 1. The average molecular weight is 400 g/mol. The Morgan fingerprint density at radius 3 is 2.58 bits per heavy atom. The first kappa shape index (κ1) is 18.9. The highest BCUT2D eigenvalue weighted by molar-refractivity contribution is 9.10. The molecule has 1 saturated carbocycles. The predicted molar refractivity (Wildman–Crippen MR) is 94.3 cm³/mol. The van der Waals surface area contributed by atoms with Gasteiger partial charge < -0.3 is 14.9 Å². The summed E-state index contributed by atoms with van der Waals surface area (Å²) < 4.78 is 22.5. The number of hydrogen-bond acceptors (Lipinski definition) is 3. The number of fused-ring (bicyclic) bond motifs is 1. The molecule has 1 aliphatic carbocycles. The molecule has 24 heavy (non-hydrogen) atoms. The Kier molecular flexibility index (Phi) is 5.34. The molecule has 2 aromatic heterocycles. The summed E-state index contributed by atoms with van der Waals surface area (Å²) >= 11 is 3.30. The van der Waals surface area contributed by atoms with Gasteiger partial charge in [-0.1, -0.05) is 0 Å². The van der Waals surface area contributed by atoms with Crippen molar-refractivity contribution in [2.75, 3.05) is 0 Å². The van der Waals surface area contributed by atoms with Gasteiger partial charge in [0.25, 0.3) is 0 Å². The number of primary amides is 1. The molecule has 7 heteroatoms. The molecule has 0 unspecified atom stereocenters. The molecule has 2 aromatic rings. The van der Waals surface area contributed by atoms with Crippen molar-refractivity contribution in [3.8, 4) is 0 Å². The zero-order chi connectivity index (χ0) is 18.1. The molecule has 1 fully saturated rings. The Morgan fingerprint density at radius 2 is 2.04 bits per heavy atom. The van der Waals surface area contributed by atoms with E-state index >= 15 is 0 Å². The fourth-order valence-corrected chi connectivity index (χ4v) is 3.68. The maximum absolute atomic E-state index is 13.9. The molecule has 0 aromatic carbocycles. The first-order chi connectivity index (χ1) is 11.1. The van der Waals surface area contributed by atoms with Crippen LogP contribution in [0.2, 0.25) is 0 Å². The quantitative estimate of drug-likeness (QED) is 0.780. The second kappa shape index (κ2) is 6.80. The Labute approximate surface area is 149 Å². The van der Waals surface area contributed by atoms with Crippen LogP contribution in [0.4, 0.5) is 4.39 Å². The minimum absolute atomic E-state index is 0.0994. The molecular weight excluding hydrogens is 377 g/mol. The summed E-state index contributed by atoms with van der Waals surface area (Å²) in [6.45, 7) is 8.36. The van der Waals surface area contributed by atoms with E-state index in [9.17, 15) is 4.39 Å². The van der Waals surface area contributed by atoms with E-state index in [1.807, 2.05) is 12.4 Å². The topological polar surface area (TPSA) is 69.6 Å². The summed E-state index contributed by atoms with van der Waals surface area (Å²) in [6.07, 6.45) is 5.86. The number of imidazole rings is 1. The summed E-state index contributed by atoms with van der Waals surface area (Å²) in [7, 11) is 0. The first-order valence-corrected chi connectivity index (χ1v) is 8.55. The van der Waals surface area contributed by atoms with Gasteiger partial charge in [0, 0.05) is 22.8 Å². The molecule has 1 amide bonds. The maximum atomic E-state index is 13.9. The molecular formula is C17H23BrFN3O2. The SMILES string of the molecule is CC(C)(C)OC1(C)CC(c2cn3cc(Br)cc(F)c3n2)C1.NC=O. The van der Waals surface area contributed by atoms with E-state index in [-0.39, 0.29) is 23.4 Å². The Balaban J connectivity index is 0.000000647. The Morgan fingerprint density at radius 1 is 1.46 bits per heavy atom. The van der Waals surface area contributed by atoms with Gasteiger partial charge in [-0.2, -0.15) is 0 Å². The number of hydrogen-bond donors (Lipinski definition) is 1. The van der Waals surface area contributed by atoms with Gasteiger partial charge >= 0.3 is 0 Å². The molecule has 3 rings (SSSR count). The van der Waals surface area contributed by atoms with Crippen molar-refractivity contribution in [1.29, 1.82) is 0 Å². The van der Waals surface area contributed by atoms with Gasteiger partial charge in [-0.15, -0.1) is 0 Å². The van der Waals surface area contributed by atoms with Crippen molar-refractivity contribution in [2.45, 2.75) is 57.7 Å². The number of carbonyl (C=O) groups is 1. The molecule has 0 saturated heterocycles. The maximum Gasteiger partial charge on any atom is 0.204 e. The molecule has 5 nitrogen and oxygen atoms in total. The number of nitrogens with zero attached hydrogens (tertiary/aromatic N) is 2. The number of amides is 1. The van der Waals surface area contributed by atoms with Gasteiger partial charge in [0.05, 0.1) is 16.9 Å². The first-order valence-electron chi connectivity index (χ1n) is 7.76. The summed E-state index contributed by atoms with van der Waals surface area (Å²) in [5.41, 5.74) is 5.26. The highest BCUT2D eigenvalue weighted by atomic mass is 79.9. The Hall–Kier alpha value is -1.47. The number of halogens is 2. The molecule has 0 radical (unpaired) electrons. The largest absolute Gasteiger partial charge is 0.372 e. The van der Waals surface area contributed by atoms with E-state index in [0.717, 1.165) is 18.5 Å². The van der Waals surface area contributed by atoms with Gasteiger partial charge in [-0.05, 0) is 62.5 Å². The lowest BCUT2D eigenvalue weighted by Crippen LogP contribution is -2.47. The van der Waals surface area contributed by atoms with E-state index in [2.05, 4.69) is 54.3 Å². The van der Waals surface area contributed by atoms with Crippen molar-refractivity contribution >= 4 is 28.0 Å². The molecule has 1 aliphatic rings. The summed E-state index contributed by atoms with van der Waals surface area (Å²) in [6, 6.07) is 1.44. The van der Waals surface area contributed by atoms with E-state index in [0.29, 0.717) is 16.0 Å². The smallest absolute Gasteiger partial charge is 0.204 e. The molecule has 0 atom stereocenters. The van der Waals surface area contributed by atoms with Crippen LogP contribution < -0.4 is 5.73 Å². The molecule has 0 spiro atoms. The van der Waals surface area contributed by atoms with Crippen LogP contribution in [0.15, 0.2) is 22.9 Å². The predicted octanol–water partition coefficient (Wildman–Crippen LogP) is 3.79. The lowest BCUT2D eigenvalue weighted by molar-refractivity contribution is -0.168. The van der Waals surface area contributed by atoms with Crippen molar-refractivity contribution in [2.24, 2.45) is 5.73 Å². The van der Waals surface area contributed by atoms with E-state index < -0.39 is 0 Å². The van der Waals surface area contributed by atoms with E-state index in [4.69, 9.17) is 9.53 Å². The van der Waals surface area contributed by atoms with Crippen LogP contribution in [0, 0.1) is 5.82 Å². The minimum Gasteiger partial charge on any atom is -0.372 e. The van der Waals surface area contributed by atoms with Gasteiger partial charge in [0.15, 0.2) is 11.5 Å². The molecule has 132 valence electrons. The highest BCUT2D eigenvalue weighted by Gasteiger charge is 2.45. The Bertz CT molecular complexity index is 733. The van der Waals surface area contributed by atoms with E-state index in [1.54, 1.807) is 4.40 Å². The number of aromatic nitrogens is 2. The molecule has 0 bridgehead atoms. The second-order valence-electron chi connectivity index (χ2n) is 7.31. The fourth-order valence-electron chi connectivity index (χ4n) is 3.25. The van der Waals surface area contributed by atoms with Crippen molar-refractivity contribution in [3.63, 3.8) is 0 Å². The van der Waals surface area contributed by atoms with Gasteiger partial charge in [-0.3, -0.25) is 4.79 Å².